The third-order valence-electron chi connectivity index (χ3n) is 3.39. The number of piperidine rings is 1. The molecule has 1 aromatic carbocycles. The molecule has 1 aromatic rings. The minimum absolute atomic E-state index is 0.160. The summed E-state index contributed by atoms with van der Waals surface area (Å²) in [6.45, 7) is 4.15. The first-order chi connectivity index (χ1) is 7.70. The molecule has 1 fully saturated rings. The molecular weight excluding hydrogens is 203 g/mol. The molecule has 0 radical (unpaired) electrons. The Hall–Kier alpha value is -0.930. The Morgan fingerprint density at radius 2 is 2.31 bits per heavy atom. The number of hydrogen-bond donors (Lipinski definition) is 1. The lowest BCUT2D eigenvalue weighted by Gasteiger charge is -2.38. The molecule has 2 N–H and O–H groups in total. The minimum atomic E-state index is -0.160. The van der Waals surface area contributed by atoms with E-state index in [1.54, 1.807) is 12.1 Å². The monoisotopic (exact) mass is 222 g/mol. The van der Waals surface area contributed by atoms with Gasteiger partial charge >= 0.3 is 0 Å². The second-order valence-electron chi connectivity index (χ2n) is 4.48. The molecule has 0 amide bonds. The van der Waals surface area contributed by atoms with Gasteiger partial charge < -0.3 is 5.73 Å². The van der Waals surface area contributed by atoms with Crippen molar-refractivity contribution in [1.82, 2.24) is 4.90 Å². The second-order valence-corrected chi connectivity index (χ2v) is 4.48. The van der Waals surface area contributed by atoms with Gasteiger partial charge in [0.25, 0.3) is 0 Å². The smallest absolute Gasteiger partial charge is 0.123 e. The molecule has 0 aromatic heterocycles. The van der Waals surface area contributed by atoms with Crippen LogP contribution in [0, 0.1) is 5.82 Å². The Morgan fingerprint density at radius 1 is 1.50 bits per heavy atom. The van der Waals surface area contributed by atoms with Gasteiger partial charge in [-0.3, -0.25) is 4.90 Å². The summed E-state index contributed by atoms with van der Waals surface area (Å²) in [5, 5.41) is 0. The zero-order valence-electron chi connectivity index (χ0n) is 9.70. The zero-order chi connectivity index (χ0) is 11.5. The van der Waals surface area contributed by atoms with E-state index in [0.717, 1.165) is 31.5 Å². The minimum Gasteiger partial charge on any atom is -0.328 e. The summed E-state index contributed by atoms with van der Waals surface area (Å²) >= 11 is 0. The summed E-state index contributed by atoms with van der Waals surface area (Å²) in [6, 6.07) is 7.42. The van der Waals surface area contributed by atoms with E-state index in [9.17, 15) is 4.39 Å². The van der Waals surface area contributed by atoms with E-state index in [-0.39, 0.29) is 17.9 Å². The summed E-state index contributed by atoms with van der Waals surface area (Å²) in [5.41, 5.74) is 7.05. The van der Waals surface area contributed by atoms with Crippen molar-refractivity contribution < 1.29 is 4.39 Å². The first-order valence-corrected chi connectivity index (χ1v) is 5.95. The number of nitrogens with zero attached hydrogens (tertiary/aromatic N) is 1. The molecule has 3 heteroatoms. The highest BCUT2D eigenvalue weighted by Gasteiger charge is 2.26. The van der Waals surface area contributed by atoms with Crippen molar-refractivity contribution in [2.45, 2.75) is 31.8 Å². The predicted octanol–water partition coefficient (Wildman–Crippen LogP) is 2.31. The summed E-state index contributed by atoms with van der Waals surface area (Å²) < 4.78 is 13.2. The molecule has 1 aliphatic heterocycles. The maximum Gasteiger partial charge on any atom is 0.123 e. The van der Waals surface area contributed by atoms with Crippen LogP contribution in [0.2, 0.25) is 0 Å². The number of halogens is 1. The molecule has 0 saturated carbocycles. The Morgan fingerprint density at radius 3 is 3.00 bits per heavy atom. The molecule has 0 bridgehead atoms. The number of likely N-dealkylation sites (tertiary alicyclic amines) is 1. The molecule has 1 aliphatic rings. The van der Waals surface area contributed by atoms with Crippen molar-refractivity contribution in [2.75, 3.05) is 13.1 Å². The van der Waals surface area contributed by atoms with Gasteiger partial charge in [0, 0.05) is 18.6 Å². The standard InChI is InChI=1S/C13H19FN2/c1-2-16-7-6-12(15)9-13(16)10-4-3-5-11(14)8-10/h3-5,8,12-13H,2,6-7,9,15H2,1H3/t12-,13+/m1/s1. The molecule has 0 spiro atoms. The van der Waals surface area contributed by atoms with E-state index in [2.05, 4.69) is 11.8 Å². The molecule has 2 rings (SSSR count). The SMILES string of the molecule is CCN1CC[C@@H](N)C[C@H]1c1cccc(F)c1. The van der Waals surface area contributed by atoms with Gasteiger partial charge in [0.15, 0.2) is 0 Å². The lowest BCUT2D eigenvalue weighted by Crippen LogP contribution is -2.41. The summed E-state index contributed by atoms with van der Waals surface area (Å²) in [6.07, 6.45) is 1.97. The normalized spacial score (nSPS) is 26.9. The van der Waals surface area contributed by atoms with Crippen LogP contribution in [0.4, 0.5) is 4.39 Å². The van der Waals surface area contributed by atoms with Crippen molar-refractivity contribution in [3.8, 4) is 0 Å². The van der Waals surface area contributed by atoms with E-state index in [0.29, 0.717) is 0 Å². The summed E-state index contributed by atoms with van der Waals surface area (Å²) in [4.78, 5) is 2.37. The van der Waals surface area contributed by atoms with Crippen LogP contribution in [0.5, 0.6) is 0 Å². The first-order valence-electron chi connectivity index (χ1n) is 5.95. The van der Waals surface area contributed by atoms with Crippen molar-refractivity contribution >= 4 is 0 Å². The van der Waals surface area contributed by atoms with Crippen molar-refractivity contribution in [3.63, 3.8) is 0 Å². The lowest BCUT2D eigenvalue weighted by molar-refractivity contribution is 0.143. The second kappa shape index (κ2) is 4.93. The molecule has 16 heavy (non-hydrogen) atoms. The Bertz CT molecular complexity index is 354. The third-order valence-corrected chi connectivity index (χ3v) is 3.39. The molecule has 1 saturated heterocycles. The Balaban J connectivity index is 2.22. The van der Waals surface area contributed by atoms with Gasteiger partial charge in [0.1, 0.15) is 5.82 Å². The molecule has 0 unspecified atom stereocenters. The number of rotatable bonds is 2. The van der Waals surface area contributed by atoms with E-state index >= 15 is 0 Å². The van der Waals surface area contributed by atoms with Gasteiger partial charge in [0.05, 0.1) is 0 Å². The van der Waals surface area contributed by atoms with Crippen LogP contribution in [-0.2, 0) is 0 Å². The number of benzene rings is 1. The third kappa shape index (κ3) is 2.42. The largest absolute Gasteiger partial charge is 0.328 e. The Kier molecular flexibility index (Phi) is 3.56. The fraction of sp³-hybridized carbons (Fsp3) is 0.538. The number of nitrogens with two attached hydrogens (primary N) is 1. The Labute approximate surface area is 96.2 Å². The van der Waals surface area contributed by atoms with E-state index in [1.165, 1.54) is 6.07 Å². The maximum absolute atomic E-state index is 13.2. The van der Waals surface area contributed by atoms with Gasteiger partial charge in [-0.1, -0.05) is 19.1 Å². The van der Waals surface area contributed by atoms with Crippen molar-refractivity contribution in [3.05, 3.63) is 35.6 Å². The average Bonchev–Trinajstić information content (AvgIpc) is 2.29. The van der Waals surface area contributed by atoms with Crippen LogP contribution < -0.4 is 5.73 Å². The van der Waals surface area contributed by atoms with Crippen LogP contribution in [-0.4, -0.2) is 24.0 Å². The van der Waals surface area contributed by atoms with E-state index in [1.807, 2.05) is 6.07 Å². The molecular formula is C13H19FN2. The van der Waals surface area contributed by atoms with Gasteiger partial charge in [-0.25, -0.2) is 4.39 Å². The van der Waals surface area contributed by atoms with Crippen LogP contribution in [0.3, 0.4) is 0 Å². The van der Waals surface area contributed by atoms with Gasteiger partial charge in [0.2, 0.25) is 0 Å². The topological polar surface area (TPSA) is 29.3 Å². The van der Waals surface area contributed by atoms with Crippen LogP contribution in [0.25, 0.3) is 0 Å². The lowest BCUT2D eigenvalue weighted by atomic mass is 9.92. The number of hydrogen-bond acceptors (Lipinski definition) is 2. The zero-order valence-corrected chi connectivity index (χ0v) is 9.70. The van der Waals surface area contributed by atoms with Gasteiger partial charge in [-0.2, -0.15) is 0 Å². The highest BCUT2D eigenvalue weighted by atomic mass is 19.1. The van der Waals surface area contributed by atoms with Crippen LogP contribution in [0.15, 0.2) is 24.3 Å². The van der Waals surface area contributed by atoms with Crippen LogP contribution >= 0.6 is 0 Å². The van der Waals surface area contributed by atoms with E-state index in [4.69, 9.17) is 5.73 Å². The van der Waals surface area contributed by atoms with E-state index < -0.39 is 0 Å². The molecule has 88 valence electrons. The van der Waals surface area contributed by atoms with Gasteiger partial charge in [-0.15, -0.1) is 0 Å². The molecule has 1 heterocycles. The highest BCUT2D eigenvalue weighted by Crippen LogP contribution is 2.30. The van der Waals surface area contributed by atoms with Crippen molar-refractivity contribution in [2.24, 2.45) is 5.73 Å². The van der Waals surface area contributed by atoms with Gasteiger partial charge in [-0.05, 0) is 37.1 Å². The fourth-order valence-corrected chi connectivity index (χ4v) is 2.48. The summed E-state index contributed by atoms with van der Waals surface area (Å²) in [7, 11) is 0. The van der Waals surface area contributed by atoms with Crippen molar-refractivity contribution in [1.29, 1.82) is 0 Å². The van der Waals surface area contributed by atoms with Crippen LogP contribution in [0.1, 0.15) is 31.4 Å². The molecule has 2 atom stereocenters. The molecule has 0 aliphatic carbocycles. The first kappa shape index (κ1) is 11.6. The highest BCUT2D eigenvalue weighted by molar-refractivity contribution is 5.21. The quantitative estimate of drug-likeness (QED) is 0.832. The molecule has 2 nitrogen and oxygen atoms in total. The average molecular weight is 222 g/mol. The summed E-state index contributed by atoms with van der Waals surface area (Å²) in [5.74, 6) is -0.160. The maximum atomic E-state index is 13.2. The fourth-order valence-electron chi connectivity index (χ4n) is 2.48. The predicted molar refractivity (Wildman–Crippen MR) is 63.6 cm³/mol.